The average Bonchev–Trinajstić information content (AvgIpc) is 2.77. The Labute approximate surface area is 183 Å². The van der Waals surface area contributed by atoms with E-state index in [0.717, 1.165) is 17.2 Å². The Morgan fingerprint density at radius 3 is 1.72 bits per heavy atom. The van der Waals surface area contributed by atoms with Crippen LogP contribution in [-0.2, 0) is 4.79 Å². The number of carbonyl (C=O) groups is 1. The second kappa shape index (κ2) is 9.94. The van der Waals surface area contributed by atoms with Crippen molar-refractivity contribution in [3.8, 4) is 0 Å². The van der Waals surface area contributed by atoms with E-state index in [1.54, 1.807) is 36.4 Å². The molecule has 0 aliphatic heterocycles. The van der Waals surface area contributed by atoms with Gasteiger partial charge < -0.3 is 5.32 Å². The summed E-state index contributed by atoms with van der Waals surface area (Å²) in [6.07, 6.45) is 6.04. The van der Waals surface area contributed by atoms with Crippen LogP contribution in [0.15, 0.2) is 66.7 Å². The molecule has 1 N–H and O–H groups in total. The third-order valence-electron chi connectivity index (χ3n) is 4.53. The lowest BCUT2D eigenvalue weighted by atomic mass is 10.00. The van der Waals surface area contributed by atoms with Gasteiger partial charge in [-0.05, 0) is 23.3 Å². The molecule has 160 valence electrons. The minimum atomic E-state index is -0.701. The molecule has 0 radical (unpaired) electrons. The summed E-state index contributed by atoms with van der Waals surface area (Å²) in [5.74, 6) is -0.504. The lowest BCUT2D eigenvalue weighted by Crippen LogP contribution is -2.10. The topological polar surface area (TPSA) is 115 Å². The number of hydrogen-bond acceptors (Lipinski definition) is 5. The van der Waals surface area contributed by atoms with Gasteiger partial charge in [0.25, 0.3) is 11.4 Å². The minimum Gasteiger partial charge on any atom is -0.325 e. The number of nitrogens with zero attached hydrogens (tertiary/aromatic N) is 2. The maximum Gasteiger partial charge on any atom is 0.292 e. The van der Waals surface area contributed by atoms with Gasteiger partial charge in [-0.25, -0.2) is 0 Å². The molecule has 0 heterocycles. The third kappa shape index (κ3) is 5.31. The number of rotatable bonds is 7. The summed E-state index contributed by atoms with van der Waals surface area (Å²) in [6.45, 7) is 1.23. The van der Waals surface area contributed by atoms with Crippen LogP contribution in [0.25, 0.3) is 24.3 Å². The van der Waals surface area contributed by atoms with E-state index in [-0.39, 0.29) is 16.8 Å². The van der Waals surface area contributed by atoms with Crippen LogP contribution in [0.2, 0.25) is 0 Å². The Morgan fingerprint density at radius 2 is 1.28 bits per heavy atom. The summed E-state index contributed by atoms with van der Waals surface area (Å²) in [6, 6.07) is 19.2. The first-order chi connectivity index (χ1) is 15.4. The number of amides is 1. The molecule has 0 saturated carbocycles. The Bertz CT molecular complexity index is 1220. The predicted octanol–water partition coefficient (Wildman–Crippen LogP) is 5.80. The molecule has 32 heavy (non-hydrogen) atoms. The largest absolute Gasteiger partial charge is 0.325 e. The molecule has 8 heteroatoms. The van der Waals surface area contributed by atoms with Crippen LogP contribution in [0, 0.1) is 20.2 Å². The lowest BCUT2D eigenvalue weighted by molar-refractivity contribution is -0.394. The van der Waals surface area contributed by atoms with Gasteiger partial charge in [-0.2, -0.15) is 0 Å². The molecule has 1 amide bonds. The maximum atomic E-state index is 12.1. The molecule has 0 fully saturated rings. The molecule has 0 aliphatic rings. The fraction of sp³-hybridized carbons (Fsp3) is 0.0417. The highest BCUT2D eigenvalue weighted by Crippen LogP contribution is 2.40. The van der Waals surface area contributed by atoms with Crippen molar-refractivity contribution in [3.05, 3.63) is 109 Å². The Balaban J connectivity index is 2.27. The highest BCUT2D eigenvalue weighted by atomic mass is 16.6. The molecule has 3 rings (SSSR count). The zero-order valence-corrected chi connectivity index (χ0v) is 17.1. The monoisotopic (exact) mass is 429 g/mol. The van der Waals surface area contributed by atoms with Gasteiger partial charge in [0.1, 0.15) is 5.56 Å². The zero-order valence-electron chi connectivity index (χ0n) is 17.1. The van der Waals surface area contributed by atoms with Crippen molar-refractivity contribution in [2.75, 3.05) is 5.32 Å². The van der Waals surface area contributed by atoms with Crippen LogP contribution in [0.3, 0.4) is 0 Å². The molecule has 3 aromatic rings. The number of nitro groups is 2. The van der Waals surface area contributed by atoms with Crippen LogP contribution < -0.4 is 5.32 Å². The fourth-order valence-corrected chi connectivity index (χ4v) is 3.15. The molecule has 8 nitrogen and oxygen atoms in total. The second-order valence-corrected chi connectivity index (χ2v) is 6.80. The van der Waals surface area contributed by atoms with Gasteiger partial charge in [-0.3, -0.25) is 25.0 Å². The number of carbonyl (C=O) groups excluding carboxylic acids is 1. The number of benzene rings is 3. The summed E-state index contributed by atoms with van der Waals surface area (Å²) in [4.78, 5) is 34.2. The van der Waals surface area contributed by atoms with Crippen molar-refractivity contribution in [2.24, 2.45) is 0 Å². The van der Waals surface area contributed by atoms with Gasteiger partial charge in [-0.15, -0.1) is 0 Å². The zero-order chi connectivity index (χ0) is 23.1. The molecule has 0 saturated heterocycles. The van der Waals surface area contributed by atoms with Crippen molar-refractivity contribution < 1.29 is 14.6 Å². The van der Waals surface area contributed by atoms with Crippen LogP contribution in [0.5, 0.6) is 0 Å². The molecule has 0 atom stereocenters. The Morgan fingerprint density at radius 1 is 0.781 bits per heavy atom. The summed E-state index contributed by atoms with van der Waals surface area (Å²) in [7, 11) is 0. The van der Waals surface area contributed by atoms with Gasteiger partial charge in [0, 0.05) is 13.0 Å². The molecule has 0 spiro atoms. The predicted molar refractivity (Wildman–Crippen MR) is 125 cm³/mol. The van der Waals surface area contributed by atoms with Crippen molar-refractivity contribution in [1.29, 1.82) is 0 Å². The summed E-state index contributed by atoms with van der Waals surface area (Å²) >= 11 is 0. The average molecular weight is 429 g/mol. The van der Waals surface area contributed by atoms with Crippen molar-refractivity contribution >= 4 is 47.3 Å². The van der Waals surface area contributed by atoms with Crippen LogP contribution >= 0.6 is 0 Å². The molecule has 0 aliphatic carbocycles. The van der Waals surface area contributed by atoms with E-state index in [0.29, 0.717) is 0 Å². The maximum absolute atomic E-state index is 12.1. The third-order valence-corrected chi connectivity index (χ3v) is 4.53. The quantitative estimate of drug-likeness (QED) is 0.289. The van der Waals surface area contributed by atoms with Gasteiger partial charge >= 0.3 is 0 Å². The van der Waals surface area contributed by atoms with E-state index >= 15 is 0 Å². The van der Waals surface area contributed by atoms with Crippen LogP contribution in [0.4, 0.5) is 17.1 Å². The molecule has 3 aromatic carbocycles. The first kappa shape index (κ1) is 22.1. The Hall–Kier alpha value is -4.59. The summed E-state index contributed by atoms with van der Waals surface area (Å²) in [5, 5.41) is 26.3. The Kier molecular flexibility index (Phi) is 6.87. The first-order valence-electron chi connectivity index (χ1n) is 9.60. The fourth-order valence-electron chi connectivity index (χ4n) is 3.15. The van der Waals surface area contributed by atoms with E-state index in [2.05, 4.69) is 5.32 Å². The SMILES string of the molecule is CC(=O)Nc1cc([N+](=O)[O-])c(/C=C/c2ccccc2)c([N+](=O)[O-])c1/C=C/c1ccccc1. The van der Waals surface area contributed by atoms with Gasteiger partial charge in [0.05, 0.1) is 21.1 Å². The van der Waals surface area contributed by atoms with E-state index in [1.165, 1.54) is 19.1 Å². The van der Waals surface area contributed by atoms with E-state index in [9.17, 15) is 25.0 Å². The number of anilines is 1. The highest BCUT2D eigenvalue weighted by molar-refractivity contribution is 5.97. The van der Waals surface area contributed by atoms with Gasteiger partial charge in [0.2, 0.25) is 5.91 Å². The normalized spacial score (nSPS) is 11.0. The van der Waals surface area contributed by atoms with Crippen molar-refractivity contribution in [2.45, 2.75) is 6.92 Å². The molecule has 0 bridgehead atoms. The second-order valence-electron chi connectivity index (χ2n) is 6.80. The van der Waals surface area contributed by atoms with Crippen molar-refractivity contribution in [1.82, 2.24) is 0 Å². The van der Waals surface area contributed by atoms with Crippen molar-refractivity contribution in [3.63, 3.8) is 0 Å². The lowest BCUT2D eigenvalue weighted by Gasteiger charge is -2.11. The molecule has 0 unspecified atom stereocenters. The van der Waals surface area contributed by atoms with E-state index < -0.39 is 27.1 Å². The summed E-state index contributed by atoms with van der Waals surface area (Å²) in [5.41, 5.74) is 0.434. The summed E-state index contributed by atoms with van der Waals surface area (Å²) < 4.78 is 0. The van der Waals surface area contributed by atoms with Crippen LogP contribution in [-0.4, -0.2) is 15.8 Å². The number of nitrogens with one attached hydrogen (secondary N) is 1. The molecular formula is C24H19N3O5. The number of nitro benzene ring substituents is 2. The van der Waals surface area contributed by atoms with Gasteiger partial charge in [-0.1, -0.05) is 72.8 Å². The minimum absolute atomic E-state index is 0.0139. The molecular weight excluding hydrogens is 410 g/mol. The van der Waals surface area contributed by atoms with E-state index in [4.69, 9.17) is 0 Å². The first-order valence-corrected chi connectivity index (χ1v) is 9.60. The number of hydrogen-bond donors (Lipinski definition) is 1. The standard InChI is InChI=1S/C24H19N3O5/c1-17(28)25-22-16-23(26(29)30)21(15-13-19-10-6-3-7-11-19)24(27(31)32)20(22)14-12-18-8-4-2-5-9-18/h2-16H,1H3,(H,25,28)/b14-12+,15-13+. The highest BCUT2D eigenvalue weighted by Gasteiger charge is 2.30. The van der Waals surface area contributed by atoms with Crippen LogP contribution in [0.1, 0.15) is 29.2 Å². The van der Waals surface area contributed by atoms with Gasteiger partial charge in [0.15, 0.2) is 0 Å². The smallest absolute Gasteiger partial charge is 0.292 e. The van der Waals surface area contributed by atoms with E-state index in [1.807, 2.05) is 36.4 Å². The molecule has 0 aromatic heterocycles.